The van der Waals surface area contributed by atoms with Crippen molar-refractivity contribution in [3.05, 3.63) is 58.9 Å². The van der Waals surface area contributed by atoms with Gasteiger partial charge in [0.1, 0.15) is 11.6 Å². The van der Waals surface area contributed by atoms with E-state index in [2.05, 4.69) is 26.1 Å². The van der Waals surface area contributed by atoms with Gasteiger partial charge in [-0.2, -0.15) is 0 Å². The number of halogens is 2. The smallest absolute Gasteiger partial charge is 0.344 e. The van der Waals surface area contributed by atoms with Gasteiger partial charge in [-0.15, -0.1) is 0 Å². The number of ether oxygens (including phenoxy) is 2. The van der Waals surface area contributed by atoms with Crippen molar-refractivity contribution in [1.29, 1.82) is 0 Å². The Morgan fingerprint density at radius 1 is 1.07 bits per heavy atom. The van der Waals surface area contributed by atoms with E-state index < -0.39 is 24.3 Å². The van der Waals surface area contributed by atoms with Gasteiger partial charge in [0.05, 0.1) is 10.7 Å². The van der Waals surface area contributed by atoms with Crippen molar-refractivity contribution in [2.75, 3.05) is 18.5 Å². The lowest BCUT2D eigenvalue weighted by Crippen LogP contribution is -2.23. The summed E-state index contributed by atoms with van der Waals surface area (Å²) in [5.41, 5.74) is 1.40. The van der Waals surface area contributed by atoms with E-state index in [1.807, 2.05) is 12.1 Å². The second-order valence-electron chi connectivity index (χ2n) is 6.90. The Bertz CT molecular complexity index is 816. The van der Waals surface area contributed by atoms with Gasteiger partial charge in [-0.3, -0.25) is 4.79 Å². The maximum Gasteiger partial charge on any atom is 0.344 e. The molecule has 2 aromatic carbocycles. The second kappa shape index (κ2) is 8.86. The minimum Gasteiger partial charge on any atom is -0.482 e. The molecule has 7 heteroatoms. The van der Waals surface area contributed by atoms with E-state index in [4.69, 9.17) is 21.1 Å². The molecule has 2 aromatic rings. The van der Waals surface area contributed by atoms with Gasteiger partial charge in [0.25, 0.3) is 5.91 Å². The molecular formula is C20H21ClFNO4. The summed E-state index contributed by atoms with van der Waals surface area (Å²) in [6.07, 6.45) is 0. The molecule has 0 unspecified atom stereocenters. The predicted molar refractivity (Wildman–Crippen MR) is 102 cm³/mol. The van der Waals surface area contributed by atoms with Crippen molar-refractivity contribution in [3.63, 3.8) is 0 Å². The summed E-state index contributed by atoms with van der Waals surface area (Å²) in [6, 6.07) is 11.0. The number of esters is 1. The van der Waals surface area contributed by atoms with Crippen LogP contribution in [0, 0.1) is 5.82 Å². The Kier molecular flexibility index (Phi) is 6.80. The third-order valence-corrected chi connectivity index (χ3v) is 3.96. The number of nitrogens with one attached hydrogen (secondary N) is 1. The van der Waals surface area contributed by atoms with Crippen LogP contribution in [-0.4, -0.2) is 25.1 Å². The van der Waals surface area contributed by atoms with Crippen molar-refractivity contribution in [1.82, 2.24) is 0 Å². The number of hydrogen-bond acceptors (Lipinski definition) is 4. The van der Waals surface area contributed by atoms with E-state index in [-0.39, 0.29) is 22.7 Å². The first-order valence-corrected chi connectivity index (χ1v) is 8.67. The summed E-state index contributed by atoms with van der Waals surface area (Å²) in [7, 11) is 0. The first kappa shape index (κ1) is 20.7. The summed E-state index contributed by atoms with van der Waals surface area (Å²) in [6.45, 7) is 5.48. The van der Waals surface area contributed by atoms with E-state index in [1.54, 1.807) is 12.1 Å². The van der Waals surface area contributed by atoms with Gasteiger partial charge >= 0.3 is 5.97 Å². The molecule has 0 saturated carbocycles. The van der Waals surface area contributed by atoms with Crippen LogP contribution in [0.5, 0.6) is 5.75 Å². The van der Waals surface area contributed by atoms with Crippen LogP contribution in [0.3, 0.4) is 0 Å². The normalized spacial score (nSPS) is 11.0. The van der Waals surface area contributed by atoms with Crippen LogP contribution in [0.2, 0.25) is 5.02 Å². The highest BCUT2D eigenvalue weighted by atomic mass is 35.5. The van der Waals surface area contributed by atoms with E-state index in [0.717, 1.165) is 17.7 Å². The Balaban J connectivity index is 1.76. The van der Waals surface area contributed by atoms with E-state index in [0.29, 0.717) is 5.75 Å². The van der Waals surface area contributed by atoms with Crippen molar-refractivity contribution < 1.29 is 23.5 Å². The van der Waals surface area contributed by atoms with Crippen LogP contribution in [0.15, 0.2) is 42.5 Å². The standard InChI is InChI=1S/C20H21ClFNO4/c1-20(2,3)13-4-7-15(8-5-13)26-12-19(25)27-11-18(24)23-17-9-6-14(22)10-16(17)21/h4-10H,11-12H2,1-3H3,(H,23,24). The number of hydrogen-bond donors (Lipinski definition) is 1. The maximum absolute atomic E-state index is 13.0. The van der Waals surface area contributed by atoms with Gasteiger partial charge in [0.15, 0.2) is 13.2 Å². The van der Waals surface area contributed by atoms with Crippen LogP contribution in [-0.2, 0) is 19.7 Å². The van der Waals surface area contributed by atoms with E-state index >= 15 is 0 Å². The highest BCUT2D eigenvalue weighted by Gasteiger charge is 2.14. The number of benzene rings is 2. The molecule has 0 saturated heterocycles. The zero-order valence-corrected chi connectivity index (χ0v) is 16.1. The molecule has 5 nitrogen and oxygen atoms in total. The molecule has 0 aromatic heterocycles. The summed E-state index contributed by atoms with van der Waals surface area (Å²) >= 11 is 5.81. The minimum atomic E-state index is -0.685. The van der Waals surface area contributed by atoms with Gasteiger partial charge in [0, 0.05) is 0 Å². The molecule has 0 atom stereocenters. The highest BCUT2D eigenvalue weighted by molar-refractivity contribution is 6.33. The Labute approximate surface area is 162 Å². The Hall–Kier alpha value is -2.60. The van der Waals surface area contributed by atoms with Crippen molar-refractivity contribution in [2.24, 2.45) is 0 Å². The third-order valence-electron chi connectivity index (χ3n) is 3.65. The van der Waals surface area contributed by atoms with Gasteiger partial charge in [-0.1, -0.05) is 44.5 Å². The number of carbonyl (C=O) groups is 2. The van der Waals surface area contributed by atoms with Gasteiger partial charge < -0.3 is 14.8 Å². The zero-order chi connectivity index (χ0) is 20.0. The van der Waals surface area contributed by atoms with Crippen LogP contribution in [0.4, 0.5) is 10.1 Å². The SMILES string of the molecule is CC(C)(C)c1ccc(OCC(=O)OCC(=O)Nc2ccc(F)cc2Cl)cc1. The summed E-state index contributed by atoms with van der Waals surface area (Å²) in [5, 5.41) is 2.48. The highest BCUT2D eigenvalue weighted by Crippen LogP contribution is 2.24. The molecule has 144 valence electrons. The largest absolute Gasteiger partial charge is 0.482 e. The van der Waals surface area contributed by atoms with Crippen LogP contribution in [0.1, 0.15) is 26.3 Å². The average molecular weight is 394 g/mol. The predicted octanol–water partition coefficient (Wildman–Crippen LogP) is 4.34. The quantitative estimate of drug-likeness (QED) is 0.741. The fourth-order valence-corrected chi connectivity index (χ4v) is 2.37. The molecule has 0 heterocycles. The lowest BCUT2D eigenvalue weighted by atomic mass is 9.87. The number of anilines is 1. The molecule has 0 spiro atoms. The van der Waals surface area contributed by atoms with Crippen LogP contribution < -0.4 is 10.1 Å². The Morgan fingerprint density at radius 3 is 2.33 bits per heavy atom. The summed E-state index contributed by atoms with van der Waals surface area (Å²) in [4.78, 5) is 23.5. The zero-order valence-electron chi connectivity index (χ0n) is 15.3. The lowest BCUT2D eigenvalue weighted by molar-refractivity contribution is -0.149. The van der Waals surface area contributed by atoms with Gasteiger partial charge in [-0.25, -0.2) is 9.18 Å². The molecular weight excluding hydrogens is 373 g/mol. The van der Waals surface area contributed by atoms with Crippen LogP contribution >= 0.6 is 11.6 Å². The van der Waals surface area contributed by atoms with Crippen LogP contribution in [0.25, 0.3) is 0 Å². The van der Waals surface area contributed by atoms with Crippen molar-refractivity contribution in [2.45, 2.75) is 26.2 Å². The first-order valence-electron chi connectivity index (χ1n) is 8.29. The lowest BCUT2D eigenvalue weighted by Gasteiger charge is -2.19. The van der Waals surface area contributed by atoms with Crippen molar-refractivity contribution in [3.8, 4) is 5.75 Å². The minimum absolute atomic E-state index is 0.0260. The molecule has 0 aliphatic rings. The fraction of sp³-hybridized carbons (Fsp3) is 0.300. The molecule has 27 heavy (non-hydrogen) atoms. The maximum atomic E-state index is 13.0. The van der Waals surface area contributed by atoms with E-state index in [1.165, 1.54) is 6.07 Å². The topological polar surface area (TPSA) is 64.6 Å². The van der Waals surface area contributed by atoms with Crippen molar-refractivity contribution >= 4 is 29.2 Å². The summed E-state index contributed by atoms with van der Waals surface area (Å²) in [5.74, 6) is -1.26. The fourth-order valence-electron chi connectivity index (χ4n) is 2.16. The summed E-state index contributed by atoms with van der Waals surface area (Å²) < 4.78 is 23.2. The molecule has 0 aliphatic carbocycles. The molecule has 0 fully saturated rings. The molecule has 2 rings (SSSR count). The second-order valence-corrected chi connectivity index (χ2v) is 7.30. The number of amides is 1. The Morgan fingerprint density at radius 2 is 1.74 bits per heavy atom. The van der Waals surface area contributed by atoms with Gasteiger partial charge in [-0.05, 0) is 41.3 Å². The van der Waals surface area contributed by atoms with Gasteiger partial charge in [0.2, 0.25) is 0 Å². The number of carbonyl (C=O) groups excluding carboxylic acids is 2. The molecule has 0 bridgehead atoms. The molecule has 1 N–H and O–H groups in total. The molecule has 1 amide bonds. The average Bonchev–Trinajstić information content (AvgIpc) is 2.60. The molecule has 0 radical (unpaired) electrons. The third kappa shape index (κ3) is 6.57. The van der Waals surface area contributed by atoms with E-state index in [9.17, 15) is 14.0 Å². The number of rotatable bonds is 6. The monoisotopic (exact) mass is 393 g/mol. The first-order chi connectivity index (χ1) is 12.6. The molecule has 0 aliphatic heterocycles.